The molecule has 164 valence electrons. The molecule has 10 heteroatoms. The molecule has 3 aliphatic heterocycles. The van der Waals surface area contributed by atoms with Crippen LogP contribution in [0.15, 0.2) is 24.5 Å². The summed E-state index contributed by atoms with van der Waals surface area (Å²) in [6, 6.07) is -0.0947. The van der Waals surface area contributed by atoms with Gasteiger partial charge in [0.2, 0.25) is 15.8 Å². The van der Waals surface area contributed by atoms with Crippen molar-refractivity contribution in [3.05, 3.63) is 24.5 Å². The molecule has 3 rings (SSSR count). The Morgan fingerprint density at radius 3 is 2.62 bits per heavy atom. The minimum absolute atomic E-state index is 0.0947. The van der Waals surface area contributed by atoms with Gasteiger partial charge in [-0.15, -0.1) is 0 Å². The van der Waals surface area contributed by atoms with Crippen molar-refractivity contribution in [1.82, 2.24) is 19.8 Å². The Labute approximate surface area is 173 Å². The quantitative estimate of drug-likeness (QED) is 0.569. The first-order valence-electron chi connectivity index (χ1n) is 10.3. The van der Waals surface area contributed by atoms with Gasteiger partial charge < -0.3 is 25.0 Å². The molecule has 0 aliphatic carbocycles. The lowest BCUT2D eigenvalue weighted by atomic mass is 9.87. The van der Waals surface area contributed by atoms with Crippen LogP contribution in [-0.2, 0) is 24.3 Å². The van der Waals surface area contributed by atoms with Gasteiger partial charge in [0.25, 0.3) is 5.91 Å². The maximum atomic E-state index is 12.7. The molecule has 1 atom stereocenters. The zero-order chi connectivity index (χ0) is 20.7. The number of hydrogen-bond donors (Lipinski definition) is 2. The molecule has 1 amide bonds. The SMILES string of the molecule is CN1CCN(S(=O)(=O)CCCC(NC(=O)C2=COC=CO2)C2CCNCC2)CC1. The van der Waals surface area contributed by atoms with Gasteiger partial charge in [0.05, 0.1) is 5.75 Å². The smallest absolute Gasteiger partial charge is 0.290 e. The van der Waals surface area contributed by atoms with Crippen LogP contribution in [0.1, 0.15) is 25.7 Å². The first-order valence-corrected chi connectivity index (χ1v) is 11.9. The minimum Gasteiger partial charge on any atom is -0.465 e. The Balaban J connectivity index is 1.55. The van der Waals surface area contributed by atoms with E-state index in [0.29, 0.717) is 31.8 Å². The number of hydrogen-bond acceptors (Lipinski definition) is 7. The number of ether oxygens (including phenoxy) is 2. The second kappa shape index (κ2) is 10.4. The summed E-state index contributed by atoms with van der Waals surface area (Å²) in [6.45, 7) is 4.43. The van der Waals surface area contributed by atoms with Crippen LogP contribution in [0.5, 0.6) is 0 Å². The summed E-state index contributed by atoms with van der Waals surface area (Å²) in [4.78, 5) is 14.7. The van der Waals surface area contributed by atoms with E-state index in [2.05, 4.69) is 15.5 Å². The number of nitrogens with one attached hydrogen (secondary N) is 2. The first-order chi connectivity index (χ1) is 14.0. The van der Waals surface area contributed by atoms with Crippen molar-refractivity contribution >= 4 is 15.9 Å². The fraction of sp³-hybridized carbons (Fsp3) is 0.737. The van der Waals surface area contributed by atoms with E-state index >= 15 is 0 Å². The molecule has 0 aromatic carbocycles. The number of piperidine rings is 1. The van der Waals surface area contributed by atoms with Crippen molar-refractivity contribution in [2.45, 2.75) is 31.7 Å². The summed E-state index contributed by atoms with van der Waals surface area (Å²) < 4.78 is 37.1. The van der Waals surface area contributed by atoms with E-state index in [1.165, 1.54) is 18.8 Å². The third-order valence-electron chi connectivity index (χ3n) is 5.77. The Morgan fingerprint density at radius 1 is 1.24 bits per heavy atom. The van der Waals surface area contributed by atoms with Crippen LogP contribution in [0.2, 0.25) is 0 Å². The molecule has 0 radical (unpaired) electrons. The normalized spacial score (nSPS) is 23.0. The molecule has 0 aromatic heterocycles. The van der Waals surface area contributed by atoms with E-state index in [1.54, 1.807) is 4.31 Å². The van der Waals surface area contributed by atoms with Crippen molar-refractivity contribution in [2.75, 3.05) is 52.1 Å². The third-order valence-corrected chi connectivity index (χ3v) is 7.73. The summed E-state index contributed by atoms with van der Waals surface area (Å²) in [5.74, 6) is 0.197. The zero-order valence-electron chi connectivity index (χ0n) is 17.0. The van der Waals surface area contributed by atoms with Gasteiger partial charge in [-0.25, -0.2) is 8.42 Å². The lowest BCUT2D eigenvalue weighted by Crippen LogP contribution is -2.48. The van der Waals surface area contributed by atoms with Gasteiger partial charge in [0.15, 0.2) is 0 Å². The number of rotatable bonds is 8. The maximum Gasteiger partial charge on any atom is 0.290 e. The highest BCUT2D eigenvalue weighted by Crippen LogP contribution is 2.21. The molecule has 0 spiro atoms. The lowest BCUT2D eigenvalue weighted by molar-refractivity contribution is -0.121. The zero-order valence-corrected chi connectivity index (χ0v) is 17.8. The molecule has 0 bridgehead atoms. The summed E-state index contributed by atoms with van der Waals surface area (Å²) >= 11 is 0. The van der Waals surface area contributed by atoms with E-state index in [0.717, 1.165) is 39.0 Å². The van der Waals surface area contributed by atoms with Crippen molar-refractivity contribution in [3.8, 4) is 0 Å². The Morgan fingerprint density at radius 2 is 1.97 bits per heavy atom. The van der Waals surface area contributed by atoms with Gasteiger partial charge in [0.1, 0.15) is 18.8 Å². The summed E-state index contributed by atoms with van der Waals surface area (Å²) in [5.41, 5.74) is 0. The molecule has 0 saturated carbocycles. The second-order valence-electron chi connectivity index (χ2n) is 7.84. The van der Waals surface area contributed by atoms with Crippen LogP contribution < -0.4 is 10.6 Å². The number of carbonyl (C=O) groups is 1. The van der Waals surface area contributed by atoms with Crippen LogP contribution in [0, 0.1) is 5.92 Å². The van der Waals surface area contributed by atoms with E-state index in [9.17, 15) is 13.2 Å². The van der Waals surface area contributed by atoms with Crippen molar-refractivity contribution < 1.29 is 22.7 Å². The van der Waals surface area contributed by atoms with Crippen LogP contribution in [0.4, 0.5) is 0 Å². The third kappa shape index (κ3) is 6.43. The van der Waals surface area contributed by atoms with Crippen molar-refractivity contribution in [1.29, 1.82) is 0 Å². The van der Waals surface area contributed by atoms with E-state index in [1.807, 2.05) is 7.05 Å². The van der Waals surface area contributed by atoms with Gasteiger partial charge in [0, 0.05) is 32.2 Å². The summed E-state index contributed by atoms with van der Waals surface area (Å²) in [6.07, 6.45) is 6.97. The number of piperazine rings is 1. The Kier molecular flexibility index (Phi) is 7.93. The standard InChI is InChI=1S/C19H32N4O5S/c1-22-8-10-23(11-9-22)29(25,26)14-2-3-17(16-4-6-20-7-5-16)21-19(24)18-15-27-12-13-28-18/h12-13,15-17,20H,2-11,14H2,1H3,(H,21,24). The fourth-order valence-electron chi connectivity index (χ4n) is 3.96. The largest absolute Gasteiger partial charge is 0.465 e. The highest BCUT2D eigenvalue weighted by Gasteiger charge is 2.29. The molecule has 1 unspecified atom stereocenters. The molecule has 3 aliphatic rings. The fourth-order valence-corrected chi connectivity index (χ4v) is 5.47. The number of carbonyl (C=O) groups excluding carboxylic acids is 1. The van der Waals surface area contributed by atoms with Gasteiger partial charge in [-0.3, -0.25) is 4.79 Å². The molecule has 29 heavy (non-hydrogen) atoms. The van der Waals surface area contributed by atoms with Gasteiger partial charge >= 0.3 is 0 Å². The number of amides is 1. The van der Waals surface area contributed by atoms with Crippen LogP contribution >= 0.6 is 0 Å². The average molecular weight is 429 g/mol. The maximum absolute atomic E-state index is 12.7. The van der Waals surface area contributed by atoms with Gasteiger partial charge in [-0.1, -0.05) is 0 Å². The Hall–Kier alpha value is -1.62. The molecule has 2 fully saturated rings. The minimum atomic E-state index is -3.27. The number of sulfonamides is 1. The van der Waals surface area contributed by atoms with Crippen molar-refractivity contribution in [3.63, 3.8) is 0 Å². The molecule has 2 N–H and O–H groups in total. The predicted molar refractivity (Wildman–Crippen MR) is 109 cm³/mol. The molecular formula is C19H32N4O5S. The topological polar surface area (TPSA) is 100 Å². The lowest BCUT2D eigenvalue weighted by Gasteiger charge is -2.33. The molecule has 0 aromatic rings. The predicted octanol–water partition coefficient (Wildman–Crippen LogP) is 0.188. The number of nitrogens with zero attached hydrogens (tertiary/aromatic N) is 2. The van der Waals surface area contributed by atoms with Crippen LogP contribution in [0.3, 0.4) is 0 Å². The molecule has 9 nitrogen and oxygen atoms in total. The highest BCUT2D eigenvalue weighted by atomic mass is 32.2. The average Bonchev–Trinajstić information content (AvgIpc) is 2.74. The van der Waals surface area contributed by atoms with Gasteiger partial charge in [-0.2, -0.15) is 4.31 Å². The highest BCUT2D eigenvalue weighted by molar-refractivity contribution is 7.89. The summed E-state index contributed by atoms with van der Waals surface area (Å²) in [7, 11) is -1.26. The monoisotopic (exact) mass is 428 g/mol. The first kappa shape index (κ1) is 22.1. The van der Waals surface area contributed by atoms with Crippen LogP contribution in [-0.4, -0.2) is 81.6 Å². The van der Waals surface area contributed by atoms with Crippen LogP contribution in [0.25, 0.3) is 0 Å². The molecule has 2 saturated heterocycles. The number of likely N-dealkylation sites (N-methyl/N-ethyl adjacent to an activating group) is 1. The van der Waals surface area contributed by atoms with E-state index < -0.39 is 10.0 Å². The summed E-state index contributed by atoms with van der Waals surface area (Å²) in [5, 5.41) is 6.37. The van der Waals surface area contributed by atoms with E-state index in [4.69, 9.17) is 9.47 Å². The van der Waals surface area contributed by atoms with E-state index in [-0.39, 0.29) is 23.5 Å². The Bertz CT molecular complexity index is 710. The molecule has 3 heterocycles. The van der Waals surface area contributed by atoms with Gasteiger partial charge in [-0.05, 0) is 51.7 Å². The molecular weight excluding hydrogens is 396 g/mol. The van der Waals surface area contributed by atoms with Crippen molar-refractivity contribution in [2.24, 2.45) is 5.92 Å². The second-order valence-corrected chi connectivity index (χ2v) is 9.92.